The molecule has 0 saturated heterocycles. The molecular weight excluding hydrogens is 228 g/mol. The Kier molecular flexibility index (Phi) is 4.48. The Hall–Kier alpha value is -1.87. The molecule has 16 heavy (non-hydrogen) atoms. The fraction of sp³-hybridized carbons (Fsp3) is 0.300. The van der Waals surface area contributed by atoms with Gasteiger partial charge in [0.05, 0.1) is 19.2 Å². The summed E-state index contributed by atoms with van der Waals surface area (Å²) >= 11 is 1.12. The second-order valence-corrected chi connectivity index (χ2v) is 3.73. The van der Waals surface area contributed by atoms with Gasteiger partial charge in [-0.2, -0.15) is 0 Å². The zero-order chi connectivity index (χ0) is 12.0. The summed E-state index contributed by atoms with van der Waals surface area (Å²) in [6, 6.07) is 0. The van der Waals surface area contributed by atoms with Crippen LogP contribution in [0.5, 0.6) is 0 Å². The summed E-state index contributed by atoms with van der Waals surface area (Å²) in [5, 5.41) is 0.462. The number of esters is 1. The van der Waals surface area contributed by atoms with Gasteiger partial charge in [0.1, 0.15) is 4.88 Å². The quantitative estimate of drug-likeness (QED) is 0.615. The molecule has 1 amide bonds. The highest BCUT2D eigenvalue weighted by molar-refractivity contribution is 7.14. The second-order valence-electron chi connectivity index (χ2n) is 2.70. The number of thiazole rings is 1. The van der Waals surface area contributed by atoms with Gasteiger partial charge in [-0.1, -0.05) is 17.3 Å². The maximum atomic E-state index is 11.3. The van der Waals surface area contributed by atoms with E-state index in [1.807, 2.05) is 0 Å². The highest BCUT2D eigenvalue weighted by atomic mass is 32.1. The molecule has 6 heteroatoms. The molecule has 1 heterocycles. The molecule has 2 N–H and O–H groups in total. The van der Waals surface area contributed by atoms with Crippen molar-refractivity contribution in [2.75, 3.05) is 6.61 Å². The van der Waals surface area contributed by atoms with Crippen molar-refractivity contribution < 1.29 is 14.3 Å². The number of primary amides is 1. The first kappa shape index (κ1) is 12.2. The van der Waals surface area contributed by atoms with E-state index in [1.165, 1.54) is 6.20 Å². The third-order valence-electron chi connectivity index (χ3n) is 1.44. The Balaban J connectivity index is 2.66. The van der Waals surface area contributed by atoms with Gasteiger partial charge < -0.3 is 10.5 Å². The maximum Gasteiger partial charge on any atom is 0.349 e. The second kappa shape index (κ2) is 5.88. The predicted octanol–water partition coefficient (Wildman–Crippen LogP) is 0.547. The minimum Gasteiger partial charge on any atom is -0.462 e. The average Bonchev–Trinajstić information content (AvgIpc) is 2.66. The van der Waals surface area contributed by atoms with Crippen molar-refractivity contribution in [3.8, 4) is 11.8 Å². The van der Waals surface area contributed by atoms with Gasteiger partial charge in [0.15, 0.2) is 5.01 Å². The number of carbonyl (C=O) groups excluding carboxylic acids is 2. The monoisotopic (exact) mass is 238 g/mol. The van der Waals surface area contributed by atoms with E-state index >= 15 is 0 Å². The van der Waals surface area contributed by atoms with Gasteiger partial charge in [-0.15, -0.1) is 0 Å². The molecular formula is C10H10N2O3S. The van der Waals surface area contributed by atoms with Crippen LogP contribution in [0.4, 0.5) is 0 Å². The summed E-state index contributed by atoms with van der Waals surface area (Å²) in [4.78, 5) is 26.0. The van der Waals surface area contributed by atoms with E-state index in [4.69, 9.17) is 10.5 Å². The highest BCUT2D eigenvalue weighted by Gasteiger charge is 2.09. The minimum absolute atomic E-state index is 0.0195. The maximum absolute atomic E-state index is 11.3. The van der Waals surface area contributed by atoms with Crippen LogP contribution in [-0.4, -0.2) is 23.5 Å². The molecule has 5 nitrogen and oxygen atoms in total. The molecule has 0 unspecified atom stereocenters. The Labute approximate surface area is 96.6 Å². The number of amides is 1. The van der Waals surface area contributed by atoms with Crippen molar-refractivity contribution in [2.24, 2.45) is 5.73 Å². The Morgan fingerprint density at radius 1 is 1.62 bits per heavy atom. The Bertz CT molecular complexity index is 456. The average molecular weight is 238 g/mol. The zero-order valence-corrected chi connectivity index (χ0v) is 9.47. The number of hydrogen-bond donors (Lipinski definition) is 1. The predicted molar refractivity (Wildman–Crippen MR) is 58.8 cm³/mol. The van der Waals surface area contributed by atoms with Crippen LogP contribution in [0.2, 0.25) is 0 Å². The zero-order valence-electron chi connectivity index (χ0n) is 8.65. The summed E-state index contributed by atoms with van der Waals surface area (Å²) < 4.78 is 4.79. The van der Waals surface area contributed by atoms with Gasteiger partial charge in [0.25, 0.3) is 0 Å². The van der Waals surface area contributed by atoms with E-state index in [0.717, 1.165) is 11.3 Å². The van der Waals surface area contributed by atoms with E-state index in [1.54, 1.807) is 6.92 Å². The fourth-order valence-electron chi connectivity index (χ4n) is 0.835. The van der Waals surface area contributed by atoms with Gasteiger partial charge in [-0.25, -0.2) is 9.78 Å². The van der Waals surface area contributed by atoms with Crippen LogP contribution in [0.3, 0.4) is 0 Å². The van der Waals surface area contributed by atoms with Crippen LogP contribution >= 0.6 is 11.3 Å². The van der Waals surface area contributed by atoms with Gasteiger partial charge >= 0.3 is 5.97 Å². The molecule has 0 aliphatic carbocycles. The van der Waals surface area contributed by atoms with Crippen molar-refractivity contribution in [1.82, 2.24) is 4.98 Å². The van der Waals surface area contributed by atoms with Crippen molar-refractivity contribution in [1.29, 1.82) is 0 Å². The number of nitrogens with two attached hydrogens (primary N) is 1. The number of ether oxygens (including phenoxy) is 1. The van der Waals surface area contributed by atoms with Crippen LogP contribution in [-0.2, 0) is 9.53 Å². The molecule has 0 spiro atoms. The lowest BCUT2D eigenvalue weighted by atomic mass is 10.4. The molecule has 0 aliphatic heterocycles. The Morgan fingerprint density at radius 3 is 3.00 bits per heavy atom. The van der Waals surface area contributed by atoms with Crippen LogP contribution in [0, 0.1) is 11.8 Å². The van der Waals surface area contributed by atoms with Crippen molar-refractivity contribution in [3.05, 3.63) is 16.1 Å². The molecule has 0 bridgehead atoms. The topological polar surface area (TPSA) is 82.3 Å². The van der Waals surface area contributed by atoms with E-state index in [0.29, 0.717) is 16.5 Å². The lowest BCUT2D eigenvalue weighted by Gasteiger charge is -1.95. The van der Waals surface area contributed by atoms with E-state index < -0.39 is 11.9 Å². The summed E-state index contributed by atoms with van der Waals surface area (Å²) in [5.74, 6) is 4.29. The van der Waals surface area contributed by atoms with Gasteiger partial charge in [-0.3, -0.25) is 4.79 Å². The largest absolute Gasteiger partial charge is 0.462 e. The molecule has 84 valence electrons. The molecule has 0 radical (unpaired) electrons. The number of carbonyl (C=O) groups is 2. The lowest BCUT2D eigenvalue weighted by Crippen LogP contribution is -2.08. The lowest BCUT2D eigenvalue weighted by molar-refractivity contribution is -0.117. The van der Waals surface area contributed by atoms with Gasteiger partial charge in [0, 0.05) is 0 Å². The van der Waals surface area contributed by atoms with E-state index in [9.17, 15) is 9.59 Å². The third-order valence-corrected chi connectivity index (χ3v) is 2.33. The smallest absolute Gasteiger partial charge is 0.349 e. The van der Waals surface area contributed by atoms with Crippen LogP contribution in [0.15, 0.2) is 6.20 Å². The summed E-state index contributed by atoms with van der Waals surface area (Å²) in [6.07, 6.45) is 1.38. The van der Waals surface area contributed by atoms with E-state index in [-0.39, 0.29) is 6.42 Å². The molecule has 1 aromatic rings. The van der Waals surface area contributed by atoms with Crippen LogP contribution < -0.4 is 5.73 Å². The molecule has 1 aromatic heterocycles. The SMILES string of the molecule is CCOC(=O)c1cnc(C#CCC(N)=O)s1. The summed E-state index contributed by atoms with van der Waals surface area (Å²) in [5.41, 5.74) is 4.92. The summed E-state index contributed by atoms with van der Waals surface area (Å²) in [7, 11) is 0. The normalized spacial score (nSPS) is 9.06. The minimum atomic E-state index is -0.491. The standard InChI is InChI=1S/C10H10N2O3S/c1-2-15-10(14)7-6-12-9(16-7)5-3-4-8(11)13/h6H,2,4H2,1H3,(H2,11,13). The number of rotatable bonds is 3. The van der Waals surface area contributed by atoms with E-state index in [2.05, 4.69) is 16.8 Å². The van der Waals surface area contributed by atoms with Crippen LogP contribution in [0.1, 0.15) is 28.0 Å². The molecule has 1 rings (SSSR count). The van der Waals surface area contributed by atoms with Crippen molar-refractivity contribution in [3.63, 3.8) is 0 Å². The summed E-state index contributed by atoms with van der Waals surface area (Å²) in [6.45, 7) is 2.05. The highest BCUT2D eigenvalue weighted by Crippen LogP contribution is 2.12. The molecule has 0 atom stereocenters. The first-order chi connectivity index (χ1) is 7.63. The molecule has 0 fully saturated rings. The fourth-order valence-corrected chi connectivity index (χ4v) is 1.52. The Morgan fingerprint density at radius 2 is 2.38 bits per heavy atom. The third kappa shape index (κ3) is 3.71. The van der Waals surface area contributed by atoms with Gasteiger partial charge in [0.2, 0.25) is 5.91 Å². The number of aromatic nitrogens is 1. The first-order valence-corrected chi connectivity index (χ1v) is 5.35. The first-order valence-electron chi connectivity index (χ1n) is 4.53. The molecule has 0 aromatic carbocycles. The number of hydrogen-bond acceptors (Lipinski definition) is 5. The number of nitrogens with zero attached hydrogens (tertiary/aromatic N) is 1. The van der Waals surface area contributed by atoms with Crippen molar-refractivity contribution in [2.45, 2.75) is 13.3 Å². The van der Waals surface area contributed by atoms with Crippen LogP contribution in [0.25, 0.3) is 0 Å². The molecule has 0 saturated carbocycles. The molecule has 0 aliphatic rings. The van der Waals surface area contributed by atoms with Gasteiger partial charge in [-0.05, 0) is 12.8 Å². The van der Waals surface area contributed by atoms with Crippen molar-refractivity contribution >= 4 is 23.2 Å².